The third kappa shape index (κ3) is 4.22. The zero-order chi connectivity index (χ0) is 12.2. The van der Waals surface area contributed by atoms with Gasteiger partial charge in [-0.25, -0.2) is 9.97 Å². The molecule has 16 heavy (non-hydrogen) atoms. The number of hydrogen-bond acceptors (Lipinski definition) is 3. The molecule has 0 aromatic carbocycles. The van der Waals surface area contributed by atoms with Gasteiger partial charge in [0.1, 0.15) is 17.3 Å². The van der Waals surface area contributed by atoms with Crippen molar-refractivity contribution in [2.24, 2.45) is 0 Å². The van der Waals surface area contributed by atoms with Crippen molar-refractivity contribution in [1.29, 1.82) is 0 Å². The topological polar surface area (TPSA) is 37.8 Å². The quantitative estimate of drug-likeness (QED) is 0.661. The molecule has 0 aliphatic rings. The van der Waals surface area contributed by atoms with Crippen LogP contribution < -0.4 is 5.32 Å². The van der Waals surface area contributed by atoms with Gasteiger partial charge in [0.15, 0.2) is 0 Å². The normalized spacial score (nSPS) is 11.6. The van der Waals surface area contributed by atoms with E-state index in [0.29, 0.717) is 16.5 Å². The van der Waals surface area contributed by atoms with Gasteiger partial charge in [-0.15, -0.1) is 0 Å². The maximum atomic E-state index is 11.9. The Labute approximate surface area is 96.0 Å². The number of alkyl halides is 3. The summed E-state index contributed by atoms with van der Waals surface area (Å²) in [7, 11) is 0. The first-order chi connectivity index (χ1) is 7.40. The third-order valence-corrected chi connectivity index (χ3v) is 2.33. The Hall–Kier alpha value is -1.04. The van der Waals surface area contributed by atoms with Crippen LogP contribution in [0.3, 0.4) is 0 Å². The summed E-state index contributed by atoms with van der Waals surface area (Å²) < 4.78 is 35.6. The number of anilines is 1. The Balaban J connectivity index is 2.41. The lowest BCUT2D eigenvalue weighted by Crippen LogP contribution is -2.12. The smallest absolute Gasteiger partial charge is 0.370 e. The first-order valence-electron chi connectivity index (χ1n) is 4.68. The van der Waals surface area contributed by atoms with Crippen LogP contribution in [0.1, 0.15) is 18.4 Å². The van der Waals surface area contributed by atoms with Crippen molar-refractivity contribution in [3.8, 4) is 0 Å². The van der Waals surface area contributed by atoms with Gasteiger partial charge in [0.25, 0.3) is 0 Å². The second-order valence-corrected chi connectivity index (χ2v) is 3.64. The zero-order valence-electron chi connectivity index (χ0n) is 8.60. The molecule has 1 N–H and O–H groups in total. The predicted octanol–water partition coefficient (Wildman–Crippen LogP) is 3.19. The van der Waals surface area contributed by atoms with E-state index in [0.717, 1.165) is 0 Å². The van der Waals surface area contributed by atoms with E-state index in [9.17, 15) is 13.2 Å². The third-order valence-electron chi connectivity index (χ3n) is 1.95. The molecule has 1 heterocycles. The fraction of sp³-hybridized carbons (Fsp3) is 0.556. The molecule has 7 heteroatoms. The molecule has 0 unspecified atom stereocenters. The summed E-state index contributed by atoms with van der Waals surface area (Å²) in [4.78, 5) is 7.63. The lowest BCUT2D eigenvalue weighted by atomic mass is 10.3. The van der Waals surface area contributed by atoms with E-state index in [4.69, 9.17) is 11.6 Å². The van der Waals surface area contributed by atoms with E-state index in [1.807, 2.05) is 0 Å². The summed E-state index contributed by atoms with van der Waals surface area (Å²) in [5.41, 5.74) is 0.635. The fourth-order valence-corrected chi connectivity index (χ4v) is 1.24. The summed E-state index contributed by atoms with van der Waals surface area (Å²) in [6, 6.07) is 0. The molecule has 0 aliphatic heterocycles. The Kier molecular flexibility index (Phi) is 4.35. The Morgan fingerprint density at radius 3 is 2.69 bits per heavy atom. The lowest BCUT2D eigenvalue weighted by molar-refractivity contribution is -0.134. The monoisotopic (exact) mass is 253 g/mol. The Morgan fingerprint density at radius 1 is 1.38 bits per heavy atom. The maximum absolute atomic E-state index is 11.9. The highest BCUT2D eigenvalue weighted by atomic mass is 35.5. The molecule has 0 saturated heterocycles. The molecule has 0 atom stereocenters. The molecule has 3 nitrogen and oxygen atoms in total. The van der Waals surface area contributed by atoms with Crippen molar-refractivity contribution in [2.45, 2.75) is 25.9 Å². The number of aromatic nitrogens is 2. The van der Waals surface area contributed by atoms with Crippen molar-refractivity contribution < 1.29 is 13.2 Å². The second-order valence-electron chi connectivity index (χ2n) is 3.28. The van der Waals surface area contributed by atoms with Crippen LogP contribution >= 0.6 is 11.6 Å². The van der Waals surface area contributed by atoms with E-state index in [1.54, 1.807) is 6.92 Å². The molecule has 0 saturated carbocycles. The molecule has 0 fully saturated rings. The standard InChI is InChI=1S/C9H11ClF3N3/c1-6-7(10)15-5-16-8(6)14-4-2-3-9(11,12)13/h5H,2-4H2,1H3,(H,14,15,16). The molecule has 1 aromatic rings. The molecule has 90 valence electrons. The maximum Gasteiger partial charge on any atom is 0.389 e. The van der Waals surface area contributed by atoms with E-state index in [-0.39, 0.29) is 13.0 Å². The highest BCUT2D eigenvalue weighted by molar-refractivity contribution is 6.30. The van der Waals surface area contributed by atoms with Crippen LogP contribution in [0.2, 0.25) is 5.15 Å². The van der Waals surface area contributed by atoms with Crippen LogP contribution in [0.15, 0.2) is 6.33 Å². The summed E-state index contributed by atoms with van der Waals surface area (Å²) in [6.45, 7) is 1.90. The van der Waals surface area contributed by atoms with Gasteiger partial charge < -0.3 is 5.32 Å². The van der Waals surface area contributed by atoms with Gasteiger partial charge in [-0.05, 0) is 13.3 Å². The fourth-order valence-electron chi connectivity index (χ4n) is 1.10. The van der Waals surface area contributed by atoms with Gasteiger partial charge in [0.05, 0.1) is 0 Å². The van der Waals surface area contributed by atoms with Gasteiger partial charge >= 0.3 is 6.18 Å². The van der Waals surface area contributed by atoms with E-state index in [1.165, 1.54) is 6.33 Å². The molecule has 1 aromatic heterocycles. The SMILES string of the molecule is Cc1c(Cl)ncnc1NCCCC(F)(F)F. The molecule has 0 amide bonds. The number of rotatable bonds is 4. The van der Waals surface area contributed by atoms with Gasteiger partial charge in [-0.2, -0.15) is 13.2 Å². The van der Waals surface area contributed by atoms with Crippen molar-refractivity contribution in [3.05, 3.63) is 17.0 Å². The van der Waals surface area contributed by atoms with Crippen molar-refractivity contribution in [3.63, 3.8) is 0 Å². The van der Waals surface area contributed by atoms with Crippen LogP contribution in [0.5, 0.6) is 0 Å². The van der Waals surface area contributed by atoms with Crippen LogP contribution in [-0.4, -0.2) is 22.7 Å². The largest absolute Gasteiger partial charge is 0.389 e. The van der Waals surface area contributed by atoms with Gasteiger partial charge in [0, 0.05) is 18.5 Å². The molecule has 0 bridgehead atoms. The van der Waals surface area contributed by atoms with E-state index < -0.39 is 12.6 Å². The van der Waals surface area contributed by atoms with E-state index in [2.05, 4.69) is 15.3 Å². The highest BCUT2D eigenvalue weighted by Crippen LogP contribution is 2.22. The lowest BCUT2D eigenvalue weighted by Gasteiger charge is -2.09. The van der Waals surface area contributed by atoms with Crippen LogP contribution in [-0.2, 0) is 0 Å². The average molecular weight is 254 g/mol. The molecular weight excluding hydrogens is 243 g/mol. The summed E-state index contributed by atoms with van der Waals surface area (Å²) >= 11 is 5.73. The minimum absolute atomic E-state index is 0.00453. The van der Waals surface area contributed by atoms with Crippen molar-refractivity contribution in [1.82, 2.24) is 9.97 Å². The Bertz CT molecular complexity index is 354. The van der Waals surface area contributed by atoms with E-state index >= 15 is 0 Å². The summed E-state index contributed by atoms with van der Waals surface area (Å²) in [5.74, 6) is 0.474. The van der Waals surface area contributed by atoms with Gasteiger partial charge in [0.2, 0.25) is 0 Å². The molecule has 0 spiro atoms. The van der Waals surface area contributed by atoms with Crippen LogP contribution in [0.4, 0.5) is 19.0 Å². The second kappa shape index (κ2) is 5.34. The highest BCUT2D eigenvalue weighted by Gasteiger charge is 2.25. The predicted molar refractivity (Wildman–Crippen MR) is 55.6 cm³/mol. The van der Waals surface area contributed by atoms with Crippen LogP contribution in [0, 0.1) is 6.92 Å². The zero-order valence-corrected chi connectivity index (χ0v) is 9.36. The van der Waals surface area contributed by atoms with Gasteiger partial charge in [-0.1, -0.05) is 11.6 Å². The molecule has 0 aliphatic carbocycles. The first kappa shape index (κ1) is 13.0. The number of nitrogens with zero attached hydrogens (tertiary/aromatic N) is 2. The summed E-state index contributed by atoms with van der Waals surface area (Å²) in [5, 5.41) is 3.09. The minimum atomic E-state index is -4.11. The molecule has 0 radical (unpaired) electrons. The molecule has 1 rings (SSSR count). The molecular formula is C9H11ClF3N3. The van der Waals surface area contributed by atoms with Crippen LogP contribution in [0.25, 0.3) is 0 Å². The number of halogens is 4. The minimum Gasteiger partial charge on any atom is -0.370 e. The Morgan fingerprint density at radius 2 is 2.06 bits per heavy atom. The van der Waals surface area contributed by atoms with Crippen molar-refractivity contribution >= 4 is 17.4 Å². The van der Waals surface area contributed by atoms with Gasteiger partial charge in [-0.3, -0.25) is 0 Å². The number of hydrogen-bond donors (Lipinski definition) is 1. The first-order valence-corrected chi connectivity index (χ1v) is 5.05. The van der Waals surface area contributed by atoms with Crippen molar-refractivity contribution in [2.75, 3.05) is 11.9 Å². The number of nitrogens with one attached hydrogen (secondary N) is 1. The summed E-state index contributed by atoms with van der Waals surface area (Å²) in [6.07, 6.45) is -3.65. The average Bonchev–Trinajstić information content (AvgIpc) is 2.17.